The van der Waals surface area contributed by atoms with Crippen molar-refractivity contribution in [3.63, 3.8) is 0 Å². The quantitative estimate of drug-likeness (QED) is 0.500. The SMILES string of the molecule is Cc1ccc(/C=C/C(=O)N/N=C\c2ccc(C(C)C)cc2)cc1. The largest absolute Gasteiger partial charge is 0.268 e. The molecule has 0 heterocycles. The summed E-state index contributed by atoms with van der Waals surface area (Å²) in [7, 11) is 0. The standard InChI is InChI=1S/C20H22N2O/c1-15(2)19-11-8-18(9-12-19)14-21-22-20(23)13-10-17-6-4-16(3)5-7-17/h4-15H,1-3H3,(H,22,23)/b13-10+,21-14-. The van der Waals surface area contributed by atoms with Gasteiger partial charge in [-0.3, -0.25) is 4.79 Å². The number of nitrogens with one attached hydrogen (secondary N) is 1. The normalized spacial score (nSPS) is 11.5. The predicted molar refractivity (Wildman–Crippen MR) is 96.5 cm³/mol. The molecule has 0 radical (unpaired) electrons. The Morgan fingerprint density at radius 2 is 1.61 bits per heavy atom. The van der Waals surface area contributed by atoms with Crippen LogP contribution in [-0.4, -0.2) is 12.1 Å². The van der Waals surface area contributed by atoms with E-state index >= 15 is 0 Å². The van der Waals surface area contributed by atoms with Gasteiger partial charge in [-0.25, -0.2) is 5.43 Å². The minimum Gasteiger partial charge on any atom is -0.268 e. The number of benzene rings is 2. The predicted octanol–water partition coefficient (Wildman–Crippen LogP) is 4.28. The van der Waals surface area contributed by atoms with Gasteiger partial charge in [-0.2, -0.15) is 5.10 Å². The lowest BCUT2D eigenvalue weighted by atomic mass is 10.0. The number of carbonyl (C=O) groups is 1. The molecule has 0 aliphatic rings. The molecule has 0 aliphatic heterocycles. The van der Waals surface area contributed by atoms with Crippen LogP contribution in [0, 0.1) is 6.92 Å². The molecule has 0 unspecified atom stereocenters. The molecule has 0 spiro atoms. The van der Waals surface area contributed by atoms with Crippen LogP contribution in [0.2, 0.25) is 0 Å². The van der Waals surface area contributed by atoms with Gasteiger partial charge >= 0.3 is 0 Å². The van der Waals surface area contributed by atoms with Crippen molar-refractivity contribution >= 4 is 18.2 Å². The molecule has 3 heteroatoms. The number of rotatable bonds is 5. The van der Waals surface area contributed by atoms with E-state index in [2.05, 4.69) is 36.5 Å². The third kappa shape index (κ3) is 5.55. The van der Waals surface area contributed by atoms with Crippen LogP contribution in [0.5, 0.6) is 0 Å². The Morgan fingerprint density at radius 1 is 1.00 bits per heavy atom. The number of carbonyl (C=O) groups excluding carboxylic acids is 1. The van der Waals surface area contributed by atoms with Crippen molar-refractivity contribution in [3.05, 3.63) is 76.9 Å². The molecular formula is C20H22N2O. The van der Waals surface area contributed by atoms with Gasteiger partial charge in [0.25, 0.3) is 5.91 Å². The lowest BCUT2D eigenvalue weighted by Gasteiger charge is -2.04. The Hall–Kier alpha value is -2.68. The molecule has 0 fully saturated rings. The third-order valence-electron chi connectivity index (χ3n) is 3.50. The Kier molecular flexibility index (Phi) is 5.87. The summed E-state index contributed by atoms with van der Waals surface area (Å²) in [6.45, 7) is 6.34. The van der Waals surface area contributed by atoms with E-state index in [4.69, 9.17) is 0 Å². The summed E-state index contributed by atoms with van der Waals surface area (Å²) < 4.78 is 0. The second-order valence-electron chi connectivity index (χ2n) is 5.80. The minimum absolute atomic E-state index is 0.249. The number of hydrazone groups is 1. The van der Waals surface area contributed by atoms with Crippen molar-refractivity contribution in [2.45, 2.75) is 26.7 Å². The molecule has 23 heavy (non-hydrogen) atoms. The zero-order chi connectivity index (χ0) is 16.7. The smallest absolute Gasteiger partial charge is 0.264 e. The fraction of sp³-hybridized carbons (Fsp3) is 0.200. The fourth-order valence-electron chi connectivity index (χ4n) is 2.02. The molecular weight excluding hydrogens is 284 g/mol. The van der Waals surface area contributed by atoms with Crippen LogP contribution in [0.15, 0.2) is 59.7 Å². The first-order valence-electron chi connectivity index (χ1n) is 7.72. The molecule has 2 aromatic carbocycles. The molecule has 0 aromatic heterocycles. The molecule has 1 amide bonds. The van der Waals surface area contributed by atoms with Crippen LogP contribution in [0.1, 0.15) is 42.0 Å². The number of aryl methyl sites for hydroxylation is 1. The number of nitrogens with zero attached hydrogens (tertiary/aromatic N) is 1. The number of hydrogen-bond acceptors (Lipinski definition) is 2. The molecule has 118 valence electrons. The maximum atomic E-state index is 11.7. The Bertz CT molecular complexity index is 695. The maximum absolute atomic E-state index is 11.7. The summed E-state index contributed by atoms with van der Waals surface area (Å²) in [5.74, 6) is 0.258. The molecule has 2 rings (SSSR count). The maximum Gasteiger partial charge on any atom is 0.264 e. The highest BCUT2D eigenvalue weighted by Gasteiger charge is 1.97. The van der Waals surface area contributed by atoms with Gasteiger partial charge in [-0.15, -0.1) is 0 Å². The van der Waals surface area contributed by atoms with Crippen LogP contribution in [0.3, 0.4) is 0 Å². The van der Waals surface area contributed by atoms with Gasteiger partial charge in [0.15, 0.2) is 0 Å². The van der Waals surface area contributed by atoms with Crippen LogP contribution < -0.4 is 5.43 Å². The summed E-state index contributed by atoms with van der Waals surface area (Å²) in [4.78, 5) is 11.7. The van der Waals surface area contributed by atoms with Crippen molar-refractivity contribution in [1.29, 1.82) is 0 Å². The van der Waals surface area contributed by atoms with Crippen molar-refractivity contribution in [2.75, 3.05) is 0 Å². The van der Waals surface area contributed by atoms with E-state index in [1.54, 1.807) is 12.3 Å². The highest BCUT2D eigenvalue weighted by molar-refractivity contribution is 5.92. The van der Waals surface area contributed by atoms with E-state index in [9.17, 15) is 4.79 Å². The summed E-state index contributed by atoms with van der Waals surface area (Å²) in [6, 6.07) is 16.1. The second kappa shape index (κ2) is 8.08. The van der Waals surface area contributed by atoms with Crippen molar-refractivity contribution in [2.24, 2.45) is 5.10 Å². The van der Waals surface area contributed by atoms with Gasteiger partial charge in [-0.05, 0) is 35.6 Å². The van der Waals surface area contributed by atoms with Gasteiger partial charge in [0.05, 0.1) is 6.21 Å². The van der Waals surface area contributed by atoms with E-state index < -0.39 is 0 Å². The van der Waals surface area contributed by atoms with E-state index in [0.29, 0.717) is 5.92 Å². The molecule has 0 atom stereocenters. The minimum atomic E-state index is -0.249. The average Bonchev–Trinajstić information content (AvgIpc) is 2.55. The van der Waals surface area contributed by atoms with E-state index in [1.165, 1.54) is 17.2 Å². The fourth-order valence-corrected chi connectivity index (χ4v) is 2.02. The first-order chi connectivity index (χ1) is 11.0. The summed E-state index contributed by atoms with van der Waals surface area (Å²) in [5.41, 5.74) is 6.91. The second-order valence-corrected chi connectivity index (χ2v) is 5.80. The average molecular weight is 306 g/mol. The van der Waals surface area contributed by atoms with Gasteiger partial charge in [0.1, 0.15) is 0 Å². The van der Waals surface area contributed by atoms with E-state index in [0.717, 1.165) is 11.1 Å². The van der Waals surface area contributed by atoms with Crippen LogP contribution in [-0.2, 0) is 4.79 Å². The first kappa shape index (κ1) is 16.7. The monoisotopic (exact) mass is 306 g/mol. The molecule has 0 saturated heterocycles. The number of amides is 1. The lowest BCUT2D eigenvalue weighted by Crippen LogP contribution is -2.14. The van der Waals surface area contributed by atoms with Crippen LogP contribution in [0.4, 0.5) is 0 Å². The molecule has 0 aliphatic carbocycles. The Morgan fingerprint density at radius 3 is 2.22 bits per heavy atom. The molecule has 1 N–H and O–H groups in total. The van der Waals surface area contributed by atoms with Crippen molar-refractivity contribution in [3.8, 4) is 0 Å². The van der Waals surface area contributed by atoms with Gasteiger partial charge in [0.2, 0.25) is 0 Å². The lowest BCUT2D eigenvalue weighted by molar-refractivity contribution is -0.116. The zero-order valence-corrected chi connectivity index (χ0v) is 13.8. The molecule has 2 aromatic rings. The molecule has 0 saturated carbocycles. The molecule has 0 bridgehead atoms. The highest BCUT2D eigenvalue weighted by atomic mass is 16.2. The topological polar surface area (TPSA) is 41.5 Å². The summed E-state index contributed by atoms with van der Waals surface area (Å²) in [5, 5.41) is 3.97. The first-order valence-corrected chi connectivity index (χ1v) is 7.72. The van der Waals surface area contributed by atoms with E-state index in [-0.39, 0.29) is 5.91 Å². The highest BCUT2D eigenvalue weighted by Crippen LogP contribution is 2.13. The van der Waals surface area contributed by atoms with Crippen LogP contribution >= 0.6 is 0 Å². The summed E-state index contributed by atoms with van der Waals surface area (Å²) in [6.07, 6.45) is 4.88. The van der Waals surface area contributed by atoms with E-state index in [1.807, 2.05) is 43.3 Å². The Balaban J connectivity index is 1.87. The van der Waals surface area contributed by atoms with Gasteiger partial charge in [-0.1, -0.05) is 67.9 Å². The zero-order valence-electron chi connectivity index (χ0n) is 13.8. The van der Waals surface area contributed by atoms with Gasteiger partial charge in [0, 0.05) is 6.08 Å². The van der Waals surface area contributed by atoms with Crippen LogP contribution in [0.25, 0.3) is 6.08 Å². The van der Waals surface area contributed by atoms with Crippen molar-refractivity contribution in [1.82, 2.24) is 5.43 Å². The van der Waals surface area contributed by atoms with Crippen molar-refractivity contribution < 1.29 is 4.79 Å². The third-order valence-corrected chi connectivity index (χ3v) is 3.50. The Labute approximate surface area is 137 Å². The van der Waals surface area contributed by atoms with Gasteiger partial charge < -0.3 is 0 Å². The summed E-state index contributed by atoms with van der Waals surface area (Å²) >= 11 is 0. The molecule has 3 nitrogen and oxygen atoms in total. The number of hydrogen-bond donors (Lipinski definition) is 1.